The van der Waals surface area contributed by atoms with Crippen LogP contribution in [-0.2, 0) is 4.79 Å². The Labute approximate surface area is 115 Å². The summed E-state index contributed by atoms with van der Waals surface area (Å²) < 4.78 is 0. The van der Waals surface area contributed by atoms with E-state index < -0.39 is 0 Å². The number of anilines is 1. The van der Waals surface area contributed by atoms with Crippen molar-refractivity contribution in [3.05, 3.63) is 24.3 Å². The summed E-state index contributed by atoms with van der Waals surface area (Å²) in [6.45, 7) is 0.720. The number of benzene rings is 1. The minimum absolute atomic E-state index is 0.143. The summed E-state index contributed by atoms with van der Waals surface area (Å²) in [4.78, 5) is 13.8. The maximum absolute atomic E-state index is 12.0. The monoisotopic (exact) mass is 275 g/mol. The first-order valence-electron chi connectivity index (χ1n) is 6.03. The van der Waals surface area contributed by atoms with Crippen molar-refractivity contribution in [2.45, 2.75) is 6.42 Å². The lowest BCUT2D eigenvalue weighted by Crippen LogP contribution is -2.24. The van der Waals surface area contributed by atoms with E-state index in [-0.39, 0.29) is 5.91 Å². The van der Waals surface area contributed by atoms with Gasteiger partial charge in [-0.1, -0.05) is 12.1 Å². The summed E-state index contributed by atoms with van der Waals surface area (Å²) in [5.41, 5.74) is 1.71. The number of nitrogens with one attached hydrogen (secondary N) is 1. The lowest BCUT2D eigenvalue weighted by Gasteiger charge is -2.16. The van der Waals surface area contributed by atoms with Crippen LogP contribution in [0.5, 0.6) is 0 Å². The fraction of sp³-hybridized carbons (Fsp3) is 0.333. The SMILES string of the molecule is O=C1CC(CS)CN1c1cccc(-c2nn[nH]n2)c1. The minimum atomic E-state index is 0.143. The van der Waals surface area contributed by atoms with E-state index in [1.165, 1.54) is 0 Å². The van der Waals surface area contributed by atoms with Gasteiger partial charge in [-0.3, -0.25) is 4.79 Å². The number of thiol groups is 1. The Morgan fingerprint density at radius 3 is 3.05 bits per heavy atom. The van der Waals surface area contributed by atoms with E-state index in [9.17, 15) is 4.79 Å². The normalized spacial score (nSPS) is 19.1. The molecule has 7 heteroatoms. The third kappa shape index (κ3) is 2.33. The van der Waals surface area contributed by atoms with Gasteiger partial charge in [0.15, 0.2) is 0 Å². The molecule has 1 aromatic heterocycles. The lowest BCUT2D eigenvalue weighted by molar-refractivity contribution is -0.117. The van der Waals surface area contributed by atoms with Crippen LogP contribution in [0.25, 0.3) is 11.4 Å². The molecule has 2 heterocycles. The van der Waals surface area contributed by atoms with Crippen LogP contribution in [0.1, 0.15) is 6.42 Å². The smallest absolute Gasteiger partial charge is 0.227 e. The number of hydrogen-bond acceptors (Lipinski definition) is 5. The van der Waals surface area contributed by atoms with Gasteiger partial charge in [0.2, 0.25) is 11.7 Å². The molecule has 3 rings (SSSR count). The molecular formula is C12H13N5OS. The summed E-state index contributed by atoms with van der Waals surface area (Å²) in [5.74, 6) is 1.72. The number of nitrogens with zero attached hydrogens (tertiary/aromatic N) is 4. The molecule has 0 bridgehead atoms. The Morgan fingerprint density at radius 2 is 2.37 bits per heavy atom. The molecule has 1 saturated heterocycles. The van der Waals surface area contributed by atoms with Crippen LogP contribution in [0.4, 0.5) is 5.69 Å². The number of H-pyrrole nitrogens is 1. The molecule has 19 heavy (non-hydrogen) atoms. The zero-order chi connectivity index (χ0) is 13.2. The zero-order valence-corrected chi connectivity index (χ0v) is 11.0. The van der Waals surface area contributed by atoms with Crippen molar-refractivity contribution >= 4 is 24.2 Å². The van der Waals surface area contributed by atoms with Crippen molar-refractivity contribution in [1.29, 1.82) is 0 Å². The topological polar surface area (TPSA) is 74.8 Å². The molecule has 0 saturated carbocycles. The van der Waals surface area contributed by atoms with Gasteiger partial charge in [0.05, 0.1) is 0 Å². The number of aromatic amines is 1. The Bertz CT molecular complexity index is 586. The van der Waals surface area contributed by atoms with E-state index in [4.69, 9.17) is 0 Å². The van der Waals surface area contributed by atoms with Gasteiger partial charge in [-0.05, 0) is 29.0 Å². The predicted octanol–water partition coefficient (Wildman–Crippen LogP) is 1.15. The van der Waals surface area contributed by atoms with Gasteiger partial charge in [0.25, 0.3) is 0 Å². The molecule has 0 spiro atoms. The number of carbonyl (C=O) groups excluding carboxylic acids is 1. The number of aromatic nitrogens is 4. The van der Waals surface area contributed by atoms with Crippen molar-refractivity contribution in [3.63, 3.8) is 0 Å². The van der Waals surface area contributed by atoms with E-state index in [2.05, 4.69) is 33.3 Å². The maximum atomic E-state index is 12.0. The van der Waals surface area contributed by atoms with Crippen molar-refractivity contribution < 1.29 is 4.79 Å². The van der Waals surface area contributed by atoms with Gasteiger partial charge < -0.3 is 4.90 Å². The van der Waals surface area contributed by atoms with Gasteiger partial charge in [0, 0.05) is 24.2 Å². The summed E-state index contributed by atoms with van der Waals surface area (Å²) in [5, 5.41) is 13.8. The number of rotatable bonds is 3. The summed E-state index contributed by atoms with van der Waals surface area (Å²) >= 11 is 4.27. The van der Waals surface area contributed by atoms with E-state index in [1.54, 1.807) is 4.90 Å². The van der Waals surface area contributed by atoms with Crippen LogP contribution < -0.4 is 4.90 Å². The molecule has 0 aliphatic carbocycles. The third-order valence-corrected chi connectivity index (χ3v) is 3.74. The van der Waals surface area contributed by atoms with E-state index >= 15 is 0 Å². The molecule has 1 unspecified atom stereocenters. The van der Waals surface area contributed by atoms with Gasteiger partial charge in [0.1, 0.15) is 0 Å². The van der Waals surface area contributed by atoms with Gasteiger partial charge >= 0.3 is 0 Å². The standard InChI is InChI=1S/C12H13N5OS/c18-11-4-8(7-19)6-17(11)10-3-1-2-9(5-10)12-13-15-16-14-12/h1-3,5,8,19H,4,6-7H2,(H,13,14,15,16). The lowest BCUT2D eigenvalue weighted by atomic mass is 10.1. The summed E-state index contributed by atoms with van der Waals surface area (Å²) in [7, 11) is 0. The highest BCUT2D eigenvalue weighted by molar-refractivity contribution is 7.80. The Hall–Kier alpha value is -1.89. The first kappa shape index (κ1) is 12.2. The maximum Gasteiger partial charge on any atom is 0.227 e. The van der Waals surface area contributed by atoms with Crippen molar-refractivity contribution in [2.75, 3.05) is 17.2 Å². The van der Waals surface area contributed by atoms with Gasteiger partial charge in [-0.15, -0.1) is 10.2 Å². The predicted molar refractivity (Wildman–Crippen MR) is 73.9 cm³/mol. The van der Waals surface area contributed by atoms with E-state index in [0.29, 0.717) is 18.2 Å². The molecule has 1 aliphatic heterocycles. The van der Waals surface area contributed by atoms with Crippen molar-refractivity contribution in [2.24, 2.45) is 5.92 Å². The molecule has 1 fully saturated rings. The average Bonchev–Trinajstić information content (AvgIpc) is 3.08. The molecule has 1 aliphatic rings. The Kier molecular flexibility index (Phi) is 3.20. The van der Waals surface area contributed by atoms with E-state index in [1.807, 2.05) is 24.3 Å². The molecule has 1 atom stereocenters. The fourth-order valence-electron chi connectivity index (χ4n) is 2.25. The zero-order valence-electron chi connectivity index (χ0n) is 10.2. The second kappa shape index (κ2) is 5.00. The van der Waals surface area contributed by atoms with Gasteiger partial charge in [-0.25, -0.2) is 0 Å². The highest BCUT2D eigenvalue weighted by atomic mass is 32.1. The first-order valence-corrected chi connectivity index (χ1v) is 6.66. The number of carbonyl (C=O) groups is 1. The van der Waals surface area contributed by atoms with Crippen LogP contribution >= 0.6 is 12.6 Å². The largest absolute Gasteiger partial charge is 0.312 e. The summed E-state index contributed by atoms with van der Waals surface area (Å²) in [6, 6.07) is 7.61. The number of hydrogen-bond donors (Lipinski definition) is 2. The Morgan fingerprint density at radius 1 is 1.47 bits per heavy atom. The van der Waals surface area contributed by atoms with Crippen molar-refractivity contribution in [3.8, 4) is 11.4 Å². The quantitative estimate of drug-likeness (QED) is 0.824. The molecule has 1 amide bonds. The van der Waals surface area contributed by atoms with Gasteiger partial charge in [-0.2, -0.15) is 17.8 Å². The van der Waals surface area contributed by atoms with Crippen LogP contribution in [0.2, 0.25) is 0 Å². The summed E-state index contributed by atoms with van der Waals surface area (Å²) in [6.07, 6.45) is 0.565. The highest BCUT2D eigenvalue weighted by Crippen LogP contribution is 2.28. The minimum Gasteiger partial charge on any atom is -0.312 e. The van der Waals surface area contributed by atoms with E-state index in [0.717, 1.165) is 23.5 Å². The molecule has 1 N–H and O–H groups in total. The fourth-order valence-corrected chi connectivity index (χ4v) is 2.49. The van der Waals surface area contributed by atoms with Crippen LogP contribution in [0.3, 0.4) is 0 Å². The molecular weight excluding hydrogens is 262 g/mol. The molecule has 6 nitrogen and oxygen atoms in total. The van der Waals surface area contributed by atoms with Crippen LogP contribution in [0, 0.1) is 5.92 Å². The average molecular weight is 275 g/mol. The molecule has 98 valence electrons. The second-order valence-electron chi connectivity index (χ2n) is 4.54. The van der Waals surface area contributed by atoms with Crippen molar-refractivity contribution in [1.82, 2.24) is 20.6 Å². The van der Waals surface area contributed by atoms with Crippen LogP contribution in [0.15, 0.2) is 24.3 Å². The molecule has 2 aromatic rings. The van der Waals surface area contributed by atoms with Crippen LogP contribution in [-0.4, -0.2) is 38.8 Å². The number of tetrazole rings is 1. The molecule has 0 radical (unpaired) electrons. The first-order chi connectivity index (χ1) is 9.28. The molecule has 1 aromatic carbocycles. The second-order valence-corrected chi connectivity index (χ2v) is 4.91. The Balaban J connectivity index is 1.90. The third-order valence-electron chi connectivity index (χ3n) is 3.22. The highest BCUT2D eigenvalue weighted by Gasteiger charge is 2.29. The number of amides is 1.